The summed E-state index contributed by atoms with van der Waals surface area (Å²) in [6.45, 7) is 2.30. The van der Waals surface area contributed by atoms with Gasteiger partial charge in [0.15, 0.2) is 0 Å². The van der Waals surface area contributed by atoms with Crippen LogP contribution in [0.5, 0.6) is 0 Å². The smallest absolute Gasteiger partial charge is 0.337 e. The van der Waals surface area contributed by atoms with Gasteiger partial charge in [-0.25, -0.2) is 4.79 Å². The fourth-order valence-corrected chi connectivity index (χ4v) is 6.03. The molecule has 4 rings (SSSR count). The van der Waals surface area contributed by atoms with Crippen LogP contribution in [0.25, 0.3) is 0 Å². The number of methoxy groups -OCH3 is 1. The van der Waals surface area contributed by atoms with Gasteiger partial charge in [0.05, 0.1) is 18.3 Å². The fourth-order valence-electron chi connectivity index (χ4n) is 6.03. The number of hydrogen-bond acceptors (Lipinski definition) is 3. The van der Waals surface area contributed by atoms with Crippen molar-refractivity contribution in [1.29, 1.82) is 0 Å². The van der Waals surface area contributed by atoms with Gasteiger partial charge in [-0.05, 0) is 61.1 Å². The molecular weight excluding hydrogens is 276 g/mol. The minimum absolute atomic E-state index is 0.0148. The highest BCUT2D eigenvalue weighted by Crippen LogP contribution is 2.75. The number of ether oxygens (including phenoxy) is 1. The Balaban J connectivity index is 1.72. The normalized spacial score (nSPS) is 42.4. The molecule has 4 unspecified atom stereocenters. The number of rotatable bonds is 2. The Hall–Kier alpha value is -1.35. The summed E-state index contributed by atoms with van der Waals surface area (Å²) in [4.78, 5) is 11.6. The topological polar surface area (TPSA) is 46.5 Å². The minimum atomic E-state index is -0.713. The molecule has 0 saturated heterocycles. The van der Waals surface area contributed by atoms with Gasteiger partial charge in [-0.3, -0.25) is 0 Å². The first-order valence-corrected chi connectivity index (χ1v) is 8.44. The molecule has 22 heavy (non-hydrogen) atoms. The van der Waals surface area contributed by atoms with Crippen LogP contribution in [-0.2, 0) is 10.3 Å². The summed E-state index contributed by atoms with van der Waals surface area (Å²) in [7, 11) is 1.39. The third-order valence-electron chi connectivity index (χ3n) is 7.10. The zero-order chi connectivity index (χ0) is 15.5. The van der Waals surface area contributed by atoms with Crippen LogP contribution in [0.1, 0.15) is 54.9 Å². The van der Waals surface area contributed by atoms with Gasteiger partial charge in [0, 0.05) is 5.41 Å². The van der Waals surface area contributed by atoms with E-state index >= 15 is 0 Å². The van der Waals surface area contributed by atoms with Crippen LogP contribution >= 0.6 is 0 Å². The van der Waals surface area contributed by atoms with E-state index < -0.39 is 5.60 Å². The zero-order valence-electron chi connectivity index (χ0n) is 13.3. The Labute approximate surface area is 131 Å². The second-order valence-electron chi connectivity index (χ2n) is 7.54. The molecule has 0 heterocycles. The van der Waals surface area contributed by atoms with Gasteiger partial charge < -0.3 is 9.84 Å². The standard InChI is InChI=1S/C19H24O3/c1-18-13-4-3-5-15(18)16(11-10-13)19(18,21)14-8-6-12(7-9-14)17(20)22-2/h6-9,13,15-16,21H,3-5,10-11H2,1-2H3/t13?,15?,16?,18?,19-/m0/s1. The van der Waals surface area contributed by atoms with Crippen LogP contribution in [0.4, 0.5) is 0 Å². The molecule has 3 heteroatoms. The number of fused-ring (bicyclic) bond motifs is 2. The number of carbonyl (C=O) groups excluding carboxylic acids is 1. The van der Waals surface area contributed by atoms with E-state index in [9.17, 15) is 9.90 Å². The maximum absolute atomic E-state index is 11.6. The lowest BCUT2D eigenvalue weighted by molar-refractivity contribution is -0.328. The number of carbonyl (C=O) groups is 1. The molecule has 3 aliphatic carbocycles. The molecule has 3 fully saturated rings. The van der Waals surface area contributed by atoms with Crippen LogP contribution in [0.3, 0.4) is 0 Å². The van der Waals surface area contributed by atoms with Gasteiger partial charge >= 0.3 is 5.97 Å². The zero-order valence-corrected chi connectivity index (χ0v) is 13.3. The van der Waals surface area contributed by atoms with Crippen molar-refractivity contribution in [3.63, 3.8) is 0 Å². The summed E-state index contributed by atoms with van der Waals surface area (Å²) >= 11 is 0. The van der Waals surface area contributed by atoms with Gasteiger partial charge in [-0.1, -0.05) is 25.5 Å². The molecule has 0 spiro atoms. The second kappa shape index (κ2) is 4.58. The third-order valence-corrected chi connectivity index (χ3v) is 7.10. The van der Waals surface area contributed by atoms with E-state index in [2.05, 4.69) is 6.92 Å². The predicted octanol–water partition coefficient (Wildman–Crippen LogP) is 3.51. The average molecular weight is 300 g/mol. The van der Waals surface area contributed by atoms with Crippen molar-refractivity contribution in [3.8, 4) is 0 Å². The largest absolute Gasteiger partial charge is 0.465 e. The first-order chi connectivity index (χ1) is 10.5. The van der Waals surface area contributed by atoms with Crippen molar-refractivity contribution in [3.05, 3.63) is 35.4 Å². The van der Waals surface area contributed by atoms with E-state index in [-0.39, 0.29) is 11.4 Å². The summed E-state index contributed by atoms with van der Waals surface area (Å²) in [6.07, 6.45) is 6.24. The average Bonchev–Trinajstić information content (AvgIpc) is 2.53. The van der Waals surface area contributed by atoms with Crippen molar-refractivity contribution in [2.45, 2.75) is 44.6 Å². The number of benzene rings is 1. The summed E-state index contributed by atoms with van der Waals surface area (Å²) < 4.78 is 4.76. The maximum atomic E-state index is 11.6. The molecule has 0 amide bonds. The molecule has 1 aromatic rings. The Morgan fingerprint density at radius 2 is 1.86 bits per heavy atom. The molecule has 3 aliphatic rings. The quantitative estimate of drug-likeness (QED) is 0.850. The van der Waals surface area contributed by atoms with Gasteiger partial charge in [0.1, 0.15) is 0 Å². The van der Waals surface area contributed by atoms with E-state index in [0.717, 1.165) is 12.0 Å². The van der Waals surface area contributed by atoms with E-state index in [4.69, 9.17) is 4.74 Å². The first-order valence-electron chi connectivity index (χ1n) is 8.44. The van der Waals surface area contributed by atoms with Crippen molar-refractivity contribution in [1.82, 2.24) is 0 Å². The lowest BCUT2D eigenvalue weighted by Gasteiger charge is -2.74. The molecule has 118 valence electrons. The number of esters is 1. The van der Waals surface area contributed by atoms with Crippen LogP contribution in [0.15, 0.2) is 24.3 Å². The van der Waals surface area contributed by atoms with Crippen LogP contribution in [-0.4, -0.2) is 18.2 Å². The van der Waals surface area contributed by atoms with E-state index in [1.165, 1.54) is 32.8 Å². The van der Waals surface area contributed by atoms with Crippen molar-refractivity contribution in [2.75, 3.05) is 7.11 Å². The van der Waals surface area contributed by atoms with Crippen molar-refractivity contribution < 1.29 is 14.6 Å². The SMILES string of the molecule is COC(=O)c1ccc([C@]2(O)C3CCC4CCCC3C42C)cc1. The number of aliphatic hydroxyl groups is 1. The Morgan fingerprint density at radius 3 is 2.50 bits per heavy atom. The second-order valence-corrected chi connectivity index (χ2v) is 7.54. The first kappa shape index (κ1) is 14.3. The lowest BCUT2D eigenvalue weighted by Crippen LogP contribution is -2.73. The van der Waals surface area contributed by atoms with Crippen molar-refractivity contribution in [2.24, 2.45) is 23.2 Å². The Kier molecular flexibility index (Phi) is 2.96. The Bertz CT molecular complexity index is 597. The molecule has 5 atom stereocenters. The van der Waals surface area contributed by atoms with E-state index in [1.807, 2.05) is 12.1 Å². The van der Waals surface area contributed by atoms with Gasteiger partial charge in [0.2, 0.25) is 0 Å². The maximum Gasteiger partial charge on any atom is 0.337 e. The summed E-state index contributed by atoms with van der Waals surface area (Å²) in [5.41, 5.74) is 0.830. The lowest BCUT2D eigenvalue weighted by atomic mass is 9.32. The van der Waals surface area contributed by atoms with E-state index in [0.29, 0.717) is 23.3 Å². The minimum Gasteiger partial charge on any atom is -0.465 e. The molecule has 2 bridgehead atoms. The van der Waals surface area contributed by atoms with Crippen LogP contribution in [0.2, 0.25) is 0 Å². The number of hydrogen-bond donors (Lipinski definition) is 1. The fraction of sp³-hybridized carbons (Fsp3) is 0.632. The molecule has 3 saturated carbocycles. The molecule has 3 nitrogen and oxygen atoms in total. The van der Waals surface area contributed by atoms with Crippen LogP contribution < -0.4 is 0 Å². The Morgan fingerprint density at radius 1 is 1.14 bits per heavy atom. The molecule has 1 aromatic carbocycles. The molecule has 0 aromatic heterocycles. The van der Waals surface area contributed by atoms with Gasteiger partial charge in [-0.15, -0.1) is 0 Å². The molecule has 0 aliphatic heterocycles. The van der Waals surface area contributed by atoms with Gasteiger partial charge in [0.25, 0.3) is 0 Å². The highest BCUT2D eigenvalue weighted by molar-refractivity contribution is 5.89. The highest BCUT2D eigenvalue weighted by Gasteiger charge is 2.74. The molecular formula is C19H24O3. The predicted molar refractivity (Wildman–Crippen MR) is 83.3 cm³/mol. The van der Waals surface area contributed by atoms with E-state index in [1.54, 1.807) is 12.1 Å². The summed E-state index contributed by atoms with van der Waals surface area (Å²) in [5.74, 6) is 1.38. The monoisotopic (exact) mass is 300 g/mol. The highest BCUT2D eigenvalue weighted by atomic mass is 16.5. The molecule has 0 radical (unpaired) electrons. The molecule has 1 N–H and O–H groups in total. The third kappa shape index (κ3) is 1.48. The van der Waals surface area contributed by atoms with Crippen molar-refractivity contribution >= 4 is 5.97 Å². The van der Waals surface area contributed by atoms with Gasteiger partial charge in [-0.2, -0.15) is 0 Å². The summed E-state index contributed by atoms with van der Waals surface area (Å²) in [6, 6.07) is 7.42. The summed E-state index contributed by atoms with van der Waals surface area (Å²) in [5, 5.41) is 11.6. The van der Waals surface area contributed by atoms with Crippen LogP contribution in [0, 0.1) is 23.2 Å².